The number of rotatable bonds is 4. The highest BCUT2D eigenvalue weighted by Gasteiger charge is 2.35. The molecule has 0 radical (unpaired) electrons. The minimum atomic E-state index is 0.275. The Kier molecular flexibility index (Phi) is 4.13. The van der Waals surface area contributed by atoms with Gasteiger partial charge in [0.15, 0.2) is 0 Å². The Labute approximate surface area is 129 Å². The number of likely N-dealkylation sites (tertiary alicyclic amines) is 1. The fourth-order valence-electron chi connectivity index (χ4n) is 3.00. The van der Waals surface area contributed by atoms with Crippen molar-refractivity contribution in [1.82, 2.24) is 29.8 Å². The topological polar surface area (TPSA) is 73.9 Å². The Bertz CT molecular complexity index is 659. The molecule has 0 spiro atoms. The maximum atomic E-state index is 8.95. The Morgan fingerprint density at radius 1 is 1.36 bits per heavy atom. The average Bonchev–Trinajstić information content (AvgIpc) is 3.16. The molecule has 0 amide bonds. The summed E-state index contributed by atoms with van der Waals surface area (Å²) in [5.41, 5.74) is 1.39. The molecule has 22 heavy (non-hydrogen) atoms. The van der Waals surface area contributed by atoms with Crippen LogP contribution in [-0.4, -0.2) is 63.0 Å². The first-order valence-electron chi connectivity index (χ1n) is 7.28. The molecule has 3 heterocycles. The van der Waals surface area contributed by atoms with Crippen LogP contribution in [0.1, 0.15) is 17.4 Å². The van der Waals surface area contributed by atoms with Crippen molar-refractivity contribution < 1.29 is 0 Å². The van der Waals surface area contributed by atoms with E-state index in [1.54, 1.807) is 12.3 Å². The third kappa shape index (κ3) is 2.98. The fraction of sp³-hybridized carbons (Fsp3) is 0.467. The summed E-state index contributed by atoms with van der Waals surface area (Å²) in [6.45, 7) is 2.58. The zero-order valence-corrected chi connectivity index (χ0v) is 12.8. The van der Waals surface area contributed by atoms with Gasteiger partial charge >= 0.3 is 0 Å². The van der Waals surface area contributed by atoms with Gasteiger partial charge in [-0.2, -0.15) is 5.26 Å². The van der Waals surface area contributed by atoms with E-state index in [9.17, 15) is 0 Å². The highest BCUT2D eigenvalue weighted by atomic mass is 15.5. The predicted molar refractivity (Wildman–Crippen MR) is 80.8 cm³/mol. The van der Waals surface area contributed by atoms with Crippen LogP contribution in [0.4, 0.5) is 0 Å². The van der Waals surface area contributed by atoms with E-state index in [0.717, 1.165) is 25.3 Å². The van der Waals surface area contributed by atoms with E-state index in [1.807, 2.05) is 23.0 Å². The molecular formula is C15H19N7. The summed E-state index contributed by atoms with van der Waals surface area (Å²) < 4.78 is 1.93. The van der Waals surface area contributed by atoms with Crippen LogP contribution in [-0.2, 0) is 6.54 Å². The van der Waals surface area contributed by atoms with Crippen molar-refractivity contribution in [1.29, 1.82) is 5.26 Å². The molecule has 0 bridgehead atoms. The monoisotopic (exact) mass is 297 g/mol. The van der Waals surface area contributed by atoms with Crippen LogP contribution in [0.3, 0.4) is 0 Å². The predicted octanol–water partition coefficient (Wildman–Crippen LogP) is 0.532. The smallest absolute Gasteiger partial charge is 0.140 e. The van der Waals surface area contributed by atoms with Crippen LogP contribution >= 0.6 is 0 Å². The molecule has 2 aromatic heterocycles. The first kappa shape index (κ1) is 14.6. The van der Waals surface area contributed by atoms with Crippen molar-refractivity contribution in [2.24, 2.45) is 0 Å². The van der Waals surface area contributed by atoms with E-state index in [0.29, 0.717) is 11.7 Å². The summed E-state index contributed by atoms with van der Waals surface area (Å²) in [5.74, 6) is 0. The molecule has 1 saturated heterocycles. The van der Waals surface area contributed by atoms with E-state index < -0.39 is 0 Å². The third-order valence-corrected chi connectivity index (χ3v) is 4.09. The lowest BCUT2D eigenvalue weighted by Crippen LogP contribution is -2.36. The molecular weight excluding hydrogens is 278 g/mol. The van der Waals surface area contributed by atoms with Crippen LogP contribution in [0, 0.1) is 11.3 Å². The number of likely N-dealkylation sites (N-methyl/N-ethyl adjacent to an activating group) is 1. The summed E-state index contributed by atoms with van der Waals surface area (Å²) in [6.07, 6.45) is 3.63. The molecule has 2 aromatic rings. The van der Waals surface area contributed by atoms with Crippen LogP contribution in [0.15, 0.2) is 30.6 Å². The summed E-state index contributed by atoms with van der Waals surface area (Å²) in [7, 11) is 4.18. The van der Waals surface area contributed by atoms with Crippen LogP contribution < -0.4 is 0 Å². The molecule has 114 valence electrons. The van der Waals surface area contributed by atoms with Gasteiger partial charge in [-0.05, 0) is 26.2 Å². The average molecular weight is 297 g/mol. The minimum absolute atomic E-state index is 0.275. The summed E-state index contributed by atoms with van der Waals surface area (Å²) in [4.78, 5) is 8.94. The molecule has 0 unspecified atom stereocenters. The molecule has 7 nitrogen and oxygen atoms in total. The van der Waals surface area contributed by atoms with Crippen molar-refractivity contribution in [2.75, 3.05) is 27.2 Å². The zero-order chi connectivity index (χ0) is 15.5. The van der Waals surface area contributed by atoms with Gasteiger partial charge in [0.25, 0.3) is 0 Å². The molecule has 0 saturated carbocycles. The lowest BCUT2D eigenvalue weighted by molar-refractivity contribution is 0.237. The Morgan fingerprint density at radius 3 is 2.91 bits per heavy atom. The van der Waals surface area contributed by atoms with Gasteiger partial charge in [0, 0.05) is 31.9 Å². The van der Waals surface area contributed by atoms with E-state index in [1.165, 1.54) is 0 Å². The maximum Gasteiger partial charge on any atom is 0.140 e. The van der Waals surface area contributed by atoms with E-state index in [-0.39, 0.29) is 6.04 Å². The standard InChI is InChI=1S/C15H19N7/c1-20(2)14-10-21(11-15(14)22-7-6-17-19-22)9-13-5-3-4-12(8-16)18-13/h3-7,14-15H,9-11H2,1-2H3/t14-,15+/m1/s1. The molecule has 2 atom stereocenters. The second-order valence-corrected chi connectivity index (χ2v) is 5.80. The quantitative estimate of drug-likeness (QED) is 0.819. The number of hydrogen-bond acceptors (Lipinski definition) is 6. The van der Waals surface area contributed by atoms with E-state index >= 15 is 0 Å². The van der Waals surface area contributed by atoms with Gasteiger partial charge in [-0.15, -0.1) is 5.10 Å². The fourth-order valence-corrected chi connectivity index (χ4v) is 3.00. The number of pyridine rings is 1. The van der Waals surface area contributed by atoms with Gasteiger partial charge < -0.3 is 4.90 Å². The Balaban J connectivity index is 1.75. The second-order valence-electron chi connectivity index (χ2n) is 5.80. The first-order valence-corrected chi connectivity index (χ1v) is 7.28. The largest absolute Gasteiger partial charge is 0.303 e. The van der Waals surface area contributed by atoms with Gasteiger partial charge in [-0.3, -0.25) is 4.90 Å². The second kappa shape index (κ2) is 6.22. The Morgan fingerprint density at radius 2 is 2.23 bits per heavy atom. The van der Waals surface area contributed by atoms with Crippen LogP contribution in [0.2, 0.25) is 0 Å². The molecule has 3 rings (SSSR count). The highest BCUT2D eigenvalue weighted by molar-refractivity contribution is 5.22. The summed E-state index contributed by atoms with van der Waals surface area (Å²) in [5, 5.41) is 17.0. The number of nitriles is 1. The number of hydrogen-bond donors (Lipinski definition) is 0. The van der Waals surface area contributed by atoms with Crippen molar-refractivity contribution in [3.8, 4) is 6.07 Å². The van der Waals surface area contributed by atoms with Crippen molar-refractivity contribution in [3.05, 3.63) is 42.0 Å². The van der Waals surface area contributed by atoms with Gasteiger partial charge in [0.05, 0.1) is 17.9 Å². The normalized spacial score (nSPS) is 22.1. The molecule has 0 aliphatic carbocycles. The molecule has 7 heteroatoms. The van der Waals surface area contributed by atoms with Crippen molar-refractivity contribution in [3.63, 3.8) is 0 Å². The van der Waals surface area contributed by atoms with Gasteiger partial charge in [-0.1, -0.05) is 11.3 Å². The minimum Gasteiger partial charge on any atom is -0.303 e. The summed E-state index contributed by atoms with van der Waals surface area (Å²) in [6, 6.07) is 8.32. The van der Waals surface area contributed by atoms with Crippen LogP contribution in [0.5, 0.6) is 0 Å². The molecule has 0 aromatic carbocycles. The summed E-state index contributed by atoms with van der Waals surface area (Å²) >= 11 is 0. The molecule has 0 N–H and O–H groups in total. The van der Waals surface area contributed by atoms with Crippen molar-refractivity contribution >= 4 is 0 Å². The van der Waals surface area contributed by atoms with Crippen molar-refractivity contribution in [2.45, 2.75) is 18.6 Å². The zero-order valence-electron chi connectivity index (χ0n) is 12.8. The van der Waals surface area contributed by atoms with E-state index in [2.05, 4.69) is 45.3 Å². The van der Waals surface area contributed by atoms with Gasteiger partial charge in [0.1, 0.15) is 11.8 Å². The Hall–Kier alpha value is -2.30. The molecule has 1 aliphatic heterocycles. The van der Waals surface area contributed by atoms with Gasteiger partial charge in [-0.25, -0.2) is 9.67 Å². The number of nitrogens with zero attached hydrogens (tertiary/aromatic N) is 7. The molecule has 1 fully saturated rings. The lowest BCUT2D eigenvalue weighted by atomic mass is 10.1. The SMILES string of the molecule is CN(C)[C@@H]1CN(Cc2cccc(C#N)n2)C[C@@H]1n1ccnn1. The van der Waals surface area contributed by atoms with Crippen LogP contribution in [0.25, 0.3) is 0 Å². The number of aromatic nitrogens is 4. The maximum absolute atomic E-state index is 8.95. The van der Waals surface area contributed by atoms with Gasteiger partial charge in [0.2, 0.25) is 0 Å². The highest BCUT2D eigenvalue weighted by Crippen LogP contribution is 2.25. The van der Waals surface area contributed by atoms with E-state index in [4.69, 9.17) is 5.26 Å². The lowest BCUT2D eigenvalue weighted by Gasteiger charge is -2.24. The first-order chi connectivity index (χ1) is 10.7. The molecule has 1 aliphatic rings. The third-order valence-electron chi connectivity index (χ3n) is 4.09.